The Morgan fingerprint density at radius 2 is 2.21 bits per heavy atom. The fraction of sp³-hybridized carbons (Fsp3) is 0.900. The molecule has 0 atom stereocenters. The minimum atomic E-state index is 0.271. The van der Waals surface area contributed by atoms with Crippen LogP contribution in [0.15, 0.2) is 0 Å². The molecule has 0 aromatic rings. The van der Waals surface area contributed by atoms with Gasteiger partial charge < -0.3 is 15.0 Å². The van der Waals surface area contributed by atoms with Crippen LogP contribution in [-0.2, 0) is 9.53 Å². The molecule has 0 spiro atoms. The highest BCUT2D eigenvalue weighted by Crippen LogP contribution is 2.14. The van der Waals surface area contributed by atoms with E-state index in [1.165, 1.54) is 0 Å². The van der Waals surface area contributed by atoms with Crippen LogP contribution < -0.4 is 5.32 Å². The van der Waals surface area contributed by atoms with Crippen LogP contribution in [0.2, 0.25) is 0 Å². The molecule has 0 bridgehead atoms. The number of carbonyl (C=O) groups excluding carboxylic acids is 1. The summed E-state index contributed by atoms with van der Waals surface area (Å²) in [6.45, 7) is 6.33. The molecule has 0 unspecified atom stereocenters. The second kappa shape index (κ2) is 5.98. The summed E-state index contributed by atoms with van der Waals surface area (Å²) in [5.41, 5.74) is 0. The number of ether oxygens (including phenoxy) is 1. The van der Waals surface area contributed by atoms with Crippen LogP contribution in [0.25, 0.3) is 0 Å². The maximum absolute atomic E-state index is 11.5. The van der Waals surface area contributed by atoms with Crippen LogP contribution in [0.5, 0.6) is 0 Å². The average Bonchev–Trinajstić information content (AvgIpc) is 2.12. The molecular formula is C10H20N2O2. The van der Waals surface area contributed by atoms with E-state index in [4.69, 9.17) is 4.74 Å². The minimum Gasteiger partial charge on any atom is -0.383 e. The van der Waals surface area contributed by atoms with E-state index in [2.05, 4.69) is 12.2 Å². The zero-order valence-electron chi connectivity index (χ0n) is 9.08. The number of carbonyl (C=O) groups is 1. The van der Waals surface area contributed by atoms with Crippen molar-refractivity contribution in [2.45, 2.75) is 13.3 Å². The lowest BCUT2D eigenvalue weighted by Gasteiger charge is -2.37. The molecule has 1 fully saturated rings. The highest BCUT2D eigenvalue weighted by atomic mass is 16.5. The van der Waals surface area contributed by atoms with Gasteiger partial charge in [0.15, 0.2) is 0 Å². The van der Waals surface area contributed by atoms with Gasteiger partial charge >= 0.3 is 0 Å². The van der Waals surface area contributed by atoms with Crippen LogP contribution in [0.1, 0.15) is 13.3 Å². The molecule has 0 aliphatic carbocycles. The summed E-state index contributed by atoms with van der Waals surface area (Å²) in [6, 6.07) is 0. The van der Waals surface area contributed by atoms with Gasteiger partial charge in [0.1, 0.15) is 0 Å². The fourth-order valence-electron chi connectivity index (χ4n) is 1.56. The Hall–Kier alpha value is -0.610. The summed E-state index contributed by atoms with van der Waals surface area (Å²) < 4.78 is 4.88. The van der Waals surface area contributed by atoms with Gasteiger partial charge in [-0.2, -0.15) is 0 Å². The fourth-order valence-corrected chi connectivity index (χ4v) is 1.56. The number of methoxy groups -OCH3 is 1. The Morgan fingerprint density at radius 1 is 1.50 bits per heavy atom. The molecule has 1 rings (SSSR count). The van der Waals surface area contributed by atoms with Crippen molar-refractivity contribution in [3.8, 4) is 0 Å². The summed E-state index contributed by atoms with van der Waals surface area (Å²) in [5, 5.41) is 3.16. The van der Waals surface area contributed by atoms with Gasteiger partial charge in [-0.25, -0.2) is 0 Å². The maximum atomic E-state index is 11.5. The highest BCUT2D eigenvalue weighted by Gasteiger charge is 2.26. The largest absolute Gasteiger partial charge is 0.383 e. The SMILES string of the molecule is COCCNCCC(=O)N1CC(C)C1. The quantitative estimate of drug-likeness (QED) is 0.618. The zero-order chi connectivity index (χ0) is 10.4. The molecular weight excluding hydrogens is 180 g/mol. The molecule has 0 aromatic heterocycles. The lowest BCUT2D eigenvalue weighted by Crippen LogP contribution is -2.49. The number of amides is 1. The van der Waals surface area contributed by atoms with Crippen molar-refractivity contribution in [3.63, 3.8) is 0 Å². The monoisotopic (exact) mass is 200 g/mol. The van der Waals surface area contributed by atoms with Gasteiger partial charge in [0.2, 0.25) is 5.91 Å². The lowest BCUT2D eigenvalue weighted by molar-refractivity contribution is -0.136. The van der Waals surface area contributed by atoms with Gasteiger partial charge in [-0.05, 0) is 5.92 Å². The van der Waals surface area contributed by atoms with Crippen LogP contribution in [0, 0.1) is 5.92 Å². The standard InChI is InChI=1S/C10H20N2O2/c1-9-7-12(8-9)10(13)3-4-11-5-6-14-2/h9,11H,3-8H2,1-2H3. The van der Waals surface area contributed by atoms with E-state index in [-0.39, 0.29) is 5.91 Å². The van der Waals surface area contributed by atoms with Crippen LogP contribution in [0.4, 0.5) is 0 Å². The predicted molar refractivity (Wildman–Crippen MR) is 55.1 cm³/mol. The molecule has 1 amide bonds. The average molecular weight is 200 g/mol. The first-order chi connectivity index (χ1) is 6.74. The Kier molecular flexibility index (Phi) is 4.90. The normalized spacial score (nSPS) is 16.9. The third-order valence-corrected chi connectivity index (χ3v) is 2.42. The first kappa shape index (κ1) is 11.5. The molecule has 4 heteroatoms. The molecule has 1 aliphatic rings. The van der Waals surface area contributed by atoms with E-state index >= 15 is 0 Å². The summed E-state index contributed by atoms with van der Waals surface area (Å²) in [5.74, 6) is 0.966. The Bertz CT molecular complexity index is 179. The summed E-state index contributed by atoms with van der Waals surface area (Å²) >= 11 is 0. The molecule has 4 nitrogen and oxygen atoms in total. The second-order valence-corrected chi connectivity index (χ2v) is 3.90. The number of nitrogens with zero attached hydrogens (tertiary/aromatic N) is 1. The van der Waals surface area contributed by atoms with Crippen molar-refractivity contribution in [2.75, 3.05) is 39.9 Å². The molecule has 0 radical (unpaired) electrons. The zero-order valence-corrected chi connectivity index (χ0v) is 9.08. The van der Waals surface area contributed by atoms with E-state index < -0.39 is 0 Å². The molecule has 1 N–H and O–H groups in total. The molecule has 1 saturated heterocycles. The van der Waals surface area contributed by atoms with Crippen molar-refractivity contribution >= 4 is 5.91 Å². The third kappa shape index (κ3) is 3.64. The Balaban J connectivity index is 1.93. The summed E-state index contributed by atoms with van der Waals surface area (Å²) in [4.78, 5) is 13.4. The van der Waals surface area contributed by atoms with Gasteiger partial charge in [0.25, 0.3) is 0 Å². The molecule has 1 aliphatic heterocycles. The first-order valence-electron chi connectivity index (χ1n) is 5.21. The summed E-state index contributed by atoms with van der Waals surface area (Å²) in [6.07, 6.45) is 0.608. The molecule has 0 saturated carbocycles. The first-order valence-corrected chi connectivity index (χ1v) is 5.21. The number of hydrogen-bond acceptors (Lipinski definition) is 3. The lowest BCUT2D eigenvalue weighted by atomic mass is 10.0. The van der Waals surface area contributed by atoms with Crippen molar-refractivity contribution < 1.29 is 9.53 Å². The van der Waals surface area contributed by atoms with Gasteiger partial charge in [0, 0.05) is 39.7 Å². The molecule has 0 aromatic carbocycles. The third-order valence-electron chi connectivity index (χ3n) is 2.42. The predicted octanol–water partition coefficient (Wildman–Crippen LogP) is 0.0908. The maximum Gasteiger partial charge on any atom is 0.223 e. The number of hydrogen-bond donors (Lipinski definition) is 1. The molecule has 1 heterocycles. The van der Waals surface area contributed by atoms with Crippen LogP contribution in [-0.4, -0.2) is 50.7 Å². The van der Waals surface area contributed by atoms with Crippen molar-refractivity contribution in [1.82, 2.24) is 10.2 Å². The van der Waals surface area contributed by atoms with Gasteiger partial charge in [-0.15, -0.1) is 0 Å². The second-order valence-electron chi connectivity index (χ2n) is 3.90. The van der Waals surface area contributed by atoms with E-state index in [0.29, 0.717) is 18.9 Å². The van der Waals surface area contributed by atoms with Crippen molar-refractivity contribution in [1.29, 1.82) is 0 Å². The van der Waals surface area contributed by atoms with Crippen LogP contribution in [0.3, 0.4) is 0 Å². The minimum absolute atomic E-state index is 0.271. The number of likely N-dealkylation sites (tertiary alicyclic amines) is 1. The van der Waals surface area contributed by atoms with Crippen molar-refractivity contribution in [3.05, 3.63) is 0 Å². The van der Waals surface area contributed by atoms with E-state index in [0.717, 1.165) is 26.2 Å². The van der Waals surface area contributed by atoms with Gasteiger partial charge in [-0.1, -0.05) is 6.92 Å². The van der Waals surface area contributed by atoms with Crippen LogP contribution >= 0.6 is 0 Å². The smallest absolute Gasteiger partial charge is 0.223 e. The van der Waals surface area contributed by atoms with Gasteiger partial charge in [0.05, 0.1) is 6.61 Å². The van der Waals surface area contributed by atoms with Gasteiger partial charge in [-0.3, -0.25) is 4.79 Å². The number of rotatable bonds is 6. The Morgan fingerprint density at radius 3 is 2.79 bits per heavy atom. The number of nitrogens with one attached hydrogen (secondary N) is 1. The summed E-state index contributed by atoms with van der Waals surface area (Å²) in [7, 11) is 1.67. The van der Waals surface area contributed by atoms with E-state index in [1.807, 2.05) is 4.90 Å². The van der Waals surface area contributed by atoms with E-state index in [9.17, 15) is 4.79 Å². The Labute approximate surface area is 85.6 Å². The van der Waals surface area contributed by atoms with E-state index in [1.54, 1.807) is 7.11 Å². The molecule has 14 heavy (non-hydrogen) atoms. The molecule has 82 valence electrons. The van der Waals surface area contributed by atoms with Crippen molar-refractivity contribution in [2.24, 2.45) is 5.92 Å². The topological polar surface area (TPSA) is 41.6 Å². The highest BCUT2D eigenvalue weighted by molar-refractivity contribution is 5.77.